The largest absolute Gasteiger partial charge is 0.464 e. The van der Waals surface area contributed by atoms with Gasteiger partial charge in [-0.3, -0.25) is 4.21 Å². The number of halogens is 2. The minimum Gasteiger partial charge on any atom is -0.464 e. The van der Waals surface area contributed by atoms with Crippen molar-refractivity contribution in [2.45, 2.75) is 5.03 Å². The van der Waals surface area contributed by atoms with E-state index in [9.17, 15) is 13.4 Å². The van der Waals surface area contributed by atoms with Gasteiger partial charge in [0.1, 0.15) is 16.5 Å². The third kappa shape index (κ3) is 4.32. The van der Waals surface area contributed by atoms with Gasteiger partial charge in [-0.1, -0.05) is 11.6 Å². The van der Waals surface area contributed by atoms with Gasteiger partial charge in [0, 0.05) is 29.9 Å². The fourth-order valence-electron chi connectivity index (χ4n) is 2.36. The van der Waals surface area contributed by atoms with Crippen LogP contribution in [0.15, 0.2) is 47.8 Å². The molecule has 144 valence electrons. The molecule has 2 aromatic heterocycles. The van der Waals surface area contributed by atoms with Crippen molar-refractivity contribution in [2.24, 2.45) is 0 Å². The van der Waals surface area contributed by atoms with E-state index in [0.717, 1.165) is 0 Å². The number of carbonyl (C=O) groups excluding carboxylic acids is 1. The fourth-order valence-corrected chi connectivity index (χ4v) is 3.24. The van der Waals surface area contributed by atoms with Crippen molar-refractivity contribution in [3.8, 4) is 11.1 Å². The summed E-state index contributed by atoms with van der Waals surface area (Å²) in [4.78, 5) is 24.2. The second kappa shape index (κ2) is 8.41. The van der Waals surface area contributed by atoms with Crippen LogP contribution in [0.2, 0.25) is 5.02 Å². The summed E-state index contributed by atoms with van der Waals surface area (Å²) in [5.41, 5.74) is 1.63. The van der Waals surface area contributed by atoms with Crippen LogP contribution in [0.5, 0.6) is 0 Å². The van der Waals surface area contributed by atoms with E-state index < -0.39 is 22.6 Å². The summed E-state index contributed by atoms with van der Waals surface area (Å²) in [5.74, 6) is -0.967. The predicted octanol–water partition coefficient (Wildman–Crippen LogP) is 3.60. The summed E-state index contributed by atoms with van der Waals surface area (Å²) in [5, 5.41) is 3.10. The van der Waals surface area contributed by atoms with E-state index in [2.05, 4.69) is 25.0 Å². The number of carbonyl (C=O) groups is 1. The molecule has 0 saturated carbocycles. The van der Waals surface area contributed by atoms with Gasteiger partial charge >= 0.3 is 5.97 Å². The first kappa shape index (κ1) is 19.8. The van der Waals surface area contributed by atoms with Gasteiger partial charge in [-0.2, -0.15) is 0 Å². The monoisotopic (exact) mass is 420 g/mol. The number of nitrogens with one attached hydrogen (secondary N) is 1. The quantitative estimate of drug-likeness (QED) is 0.497. The molecule has 1 atom stereocenters. The van der Waals surface area contributed by atoms with E-state index in [4.69, 9.17) is 11.6 Å². The molecule has 10 heteroatoms. The van der Waals surface area contributed by atoms with Crippen molar-refractivity contribution in [2.75, 3.05) is 18.7 Å². The molecule has 0 aliphatic carbocycles. The molecule has 1 N–H and O–H groups in total. The average Bonchev–Trinajstić information content (AvgIpc) is 2.70. The Morgan fingerprint density at radius 3 is 2.71 bits per heavy atom. The molecule has 28 heavy (non-hydrogen) atoms. The number of benzene rings is 1. The van der Waals surface area contributed by atoms with Crippen LogP contribution in [0.4, 0.5) is 16.0 Å². The Balaban J connectivity index is 1.99. The van der Waals surface area contributed by atoms with Crippen LogP contribution >= 0.6 is 11.6 Å². The Hall–Kier alpha value is -2.91. The molecule has 0 aliphatic rings. The van der Waals surface area contributed by atoms with Crippen LogP contribution in [0.1, 0.15) is 10.5 Å². The number of methoxy groups -OCH3 is 1. The van der Waals surface area contributed by atoms with E-state index in [-0.39, 0.29) is 21.7 Å². The highest BCUT2D eigenvalue weighted by molar-refractivity contribution is 7.84. The third-order valence-corrected chi connectivity index (χ3v) is 4.81. The summed E-state index contributed by atoms with van der Waals surface area (Å²) in [6, 6.07) is 7.24. The number of anilines is 2. The molecule has 0 saturated heterocycles. The zero-order valence-electron chi connectivity index (χ0n) is 14.8. The Labute approximate surface area is 167 Å². The number of aromatic nitrogens is 3. The average molecular weight is 421 g/mol. The molecule has 0 amide bonds. The van der Waals surface area contributed by atoms with Gasteiger partial charge in [0.15, 0.2) is 0 Å². The third-order valence-electron chi connectivity index (χ3n) is 3.67. The lowest BCUT2D eigenvalue weighted by molar-refractivity contribution is 0.0594. The number of ether oxygens (including phenoxy) is 1. The van der Waals surface area contributed by atoms with E-state index in [1.807, 2.05) is 0 Å². The molecule has 0 fully saturated rings. The van der Waals surface area contributed by atoms with Crippen molar-refractivity contribution in [3.05, 3.63) is 59.3 Å². The summed E-state index contributed by atoms with van der Waals surface area (Å²) < 4.78 is 30.2. The Bertz CT molecular complexity index is 1080. The lowest BCUT2D eigenvalue weighted by Crippen LogP contribution is -2.06. The van der Waals surface area contributed by atoms with E-state index in [0.29, 0.717) is 16.8 Å². The molecule has 2 heterocycles. The van der Waals surface area contributed by atoms with Crippen LogP contribution in [0.25, 0.3) is 11.1 Å². The SMILES string of the molecule is COC(=O)c1cc(-c2cnc(Nc3ccc(F)c(Cl)c3)nc2S(C)=O)ccn1. The summed E-state index contributed by atoms with van der Waals surface area (Å²) in [7, 11) is -0.192. The number of nitrogens with zero attached hydrogens (tertiary/aromatic N) is 3. The normalized spacial score (nSPS) is 11.7. The van der Waals surface area contributed by atoms with Crippen molar-refractivity contribution in [1.29, 1.82) is 0 Å². The number of hydrogen-bond acceptors (Lipinski definition) is 7. The maximum absolute atomic E-state index is 13.3. The Morgan fingerprint density at radius 1 is 1.25 bits per heavy atom. The lowest BCUT2D eigenvalue weighted by atomic mass is 10.1. The fraction of sp³-hybridized carbons (Fsp3) is 0.111. The predicted molar refractivity (Wildman–Crippen MR) is 104 cm³/mol. The maximum atomic E-state index is 13.3. The molecule has 7 nitrogen and oxygen atoms in total. The van der Waals surface area contributed by atoms with Gasteiger partial charge in [-0.25, -0.2) is 24.1 Å². The van der Waals surface area contributed by atoms with Gasteiger partial charge in [-0.15, -0.1) is 0 Å². The first-order chi connectivity index (χ1) is 13.4. The van der Waals surface area contributed by atoms with Crippen molar-refractivity contribution in [1.82, 2.24) is 15.0 Å². The van der Waals surface area contributed by atoms with Crippen molar-refractivity contribution >= 4 is 40.0 Å². The van der Waals surface area contributed by atoms with Crippen LogP contribution < -0.4 is 5.32 Å². The highest BCUT2D eigenvalue weighted by Crippen LogP contribution is 2.27. The van der Waals surface area contributed by atoms with Crippen LogP contribution in [-0.2, 0) is 15.5 Å². The zero-order chi connectivity index (χ0) is 20.3. The molecule has 3 rings (SSSR count). The minimum absolute atomic E-state index is 0.0481. The van der Waals surface area contributed by atoms with E-state index in [1.54, 1.807) is 6.07 Å². The molecule has 0 aliphatic heterocycles. The first-order valence-electron chi connectivity index (χ1n) is 7.86. The molecule has 1 unspecified atom stereocenters. The van der Waals surface area contributed by atoms with Gasteiger partial charge in [0.05, 0.1) is 22.9 Å². The summed E-state index contributed by atoms with van der Waals surface area (Å²) >= 11 is 5.77. The standard InChI is InChI=1S/C18H14ClFN4O3S/c1-27-17(25)15-7-10(5-6-21-15)12-9-22-18(24-16(12)28(2)26)23-11-3-4-14(20)13(19)8-11/h3-9H,1-2H3,(H,22,23,24). The Morgan fingerprint density at radius 2 is 2.04 bits per heavy atom. The van der Waals surface area contributed by atoms with Crippen molar-refractivity contribution in [3.63, 3.8) is 0 Å². The van der Waals surface area contributed by atoms with Gasteiger partial charge in [0.2, 0.25) is 5.95 Å². The van der Waals surface area contributed by atoms with Gasteiger partial charge < -0.3 is 10.1 Å². The molecule has 0 radical (unpaired) electrons. The molecule has 1 aromatic carbocycles. The zero-order valence-corrected chi connectivity index (χ0v) is 16.3. The second-order valence-corrected chi connectivity index (χ2v) is 7.24. The smallest absolute Gasteiger partial charge is 0.356 e. The molecule has 0 spiro atoms. The number of hydrogen-bond donors (Lipinski definition) is 1. The first-order valence-corrected chi connectivity index (χ1v) is 9.80. The Kier molecular flexibility index (Phi) is 5.96. The summed E-state index contributed by atoms with van der Waals surface area (Å²) in [6.07, 6.45) is 4.40. The number of esters is 1. The van der Waals surface area contributed by atoms with E-state index in [1.165, 1.54) is 50.0 Å². The highest BCUT2D eigenvalue weighted by Gasteiger charge is 2.16. The number of rotatable bonds is 5. The molecular formula is C18H14ClFN4O3S. The number of pyridine rings is 1. The van der Waals surface area contributed by atoms with Crippen LogP contribution in [0, 0.1) is 5.82 Å². The lowest BCUT2D eigenvalue weighted by Gasteiger charge is -2.11. The minimum atomic E-state index is -1.45. The van der Waals surface area contributed by atoms with Crippen LogP contribution in [0.3, 0.4) is 0 Å². The highest BCUT2D eigenvalue weighted by atomic mass is 35.5. The maximum Gasteiger partial charge on any atom is 0.356 e. The molecule has 0 bridgehead atoms. The second-order valence-electron chi connectivity index (χ2n) is 5.54. The van der Waals surface area contributed by atoms with Crippen LogP contribution in [-0.4, -0.2) is 38.5 Å². The molecule has 3 aromatic rings. The van der Waals surface area contributed by atoms with Gasteiger partial charge in [-0.05, 0) is 35.9 Å². The van der Waals surface area contributed by atoms with E-state index >= 15 is 0 Å². The van der Waals surface area contributed by atoms with Gasteiger partial charge in [0.25, 0.3) is 0 Å². The molecular weight excluding hydrogens is 407 g/mol. The van der Waals surface area contributed by atoms with Crippen molar-refractivity contribution < 1.29 is 18.1 Å². The summed E-state index contributed by atoms with van der Waals surface area (Å²) in [6.45, 7) is 0. The topological polar surface area (TPSA) is 94.1 Å².